The molecule has 1 aromatic carbocycles. The molecular weight excluding hydrogens is 322 g/mol. The van der Waals surface area contributed by atoms with Crippen LogP contribution in [0.15, 0.2) is 28.7 Å². The van der Waals surface area contributed by atoms with Gasteiger partial charge in [-0.3, -0.25) is 9.59 Å². The molecule has 2 unspecified atom stereocenters. The average Bonchev–Trinajstić information content (AvgIpc) is 2.93. The number of rotatable bonds is 4. The summed E-state index contributed by atoms with van der Waals surface area (Å²) in [6.45, 7) is 5.53. The minimum atomic E-state index is -0.899. The van der Waals surface area contributed by atoms with Crippen LogP contribution < -0.4 is 5.32 Å². The van der Waals surface area contributed by atoms with Gasteiger partial charge in [0.1, 0.15) is 0 Å². The van der Waals surface area contributed by atoms with Crippen LogP contribution in [0.3, 0.4) is 0 Å². The van der Waals surface area contributed by atoms with E-state index in [0.29, 0.717) is 0 Å². The first-order valence-corrected chi connectivity index (χ1v) is 7.33. The highest BCUT2D eigenvalue weighted by Crippen LogP contribution is 2.58. The normalized spacial score (nSPS) is 24.8. The van der Waals surface area contributed by atoms with Gasteiger partial charge in [0.15, 0.2) is 0 Å². The predicted octanol–water partition coefficient (Wildman–Crippen LogP) is 2.98. The number of amides is 1. The van der Waals surface area contributed by atoms with Gasteiger partial charge in [-0.15, -0.1) is 0 Å². The molecule has 1 aliphatic carbocycles. The first kappa shape index (κ1) is 15.0. The van der Waals surface area contributed by atoms with Crippen molar-refractivity contribution in [1.29, 1.82) is 0 Å². The van der Waals surface area contributed by atoms with Crippen LogP contribution in [-0.2, 0) is 9.59 Å². The minimum absolute atomic E-state index is 0.163. The van der Waals surface area contributed by atoms with Crippen LogP contribution in [-0.4, -0.2) is 17.0 Å². The van der Waals surface area contributed by atoms with Crippen LogP contribution >= 0.6 is 15.9 Å². The van der Waals surface area contributed by atoms with E-state index >= 15 is 0 Å². The van der Waals surface area contributed by atoms with E-state index in [1.54, 1.807) is 0 Å². The highest BCUT2D eigenvalue weighted by molar-refractivity contribution is 9.10. The Kier molecular flexibility index (Phi) is 3.91. The molecule has 0 heterocycles. The molecule has 4 nitrogen and oxygen atoms in total. The maximum atomic E-state index is 12.2. The van der Waals surface area contributed by atoms with Crippen molar-refractivity contribution in [2.75, 3.05) is 0 Å². The summed E-state index contributed by atoms with van der Waals surface area (Å²) in [6, 6.07) is 7.50. The third-order valence-corrected chi connectivity index (χ3v) is 4.83. The first-order chi connectivity index (χ1) is 9.26. The number of halogens is 1. The summed E-state index contributed by atoms with van der Waals surface area (Å²) in [5, 5.41) is 12.0. The SMILES string of the molecule is C[C@H](NC(=O)C1C(C(=O)O)C1(C)C)c1ccccc1Br. The summed E-state index contributed by atoms with van der Waals surface area (Å²) in [5.74, 6) is -2.13. The van der Waals surface area contributed by atoms with Gasteiger partial charge < -0.3 is 10.4 Å². The topological polar surface area (TPSA) is 66.4 Å². The molecule has 0 bridgehead atoms. The van der Waals surface area contributed by atoms with Gasteiger partial charge in [0.2, 0.25) is 5.91 Å². The second-order valence-corrected chi connectivity index (χ2v) is 6.72. The second kappa shape index (κ2) is 5.20. The molecule has 1 aromatic rings. The Hall–Kier alpha value is -1.36. The number of carbonyl (C=O) groups excluding carboxylic acids is 1. The van der Waals surface area contributed by atoms with Crippen molar-refractivity contribution in [2.45, 2.75) is 26.8 Å². The van der Waals surface area contributed by atoms with E-state index in [1.807, 2.05) is 45.0 Å². The van der Waals surface area contributed by atoms with E-state index in [0.717, 1.165) is 10.0 Å². The molecule has 3 atom stereocenters. The predicted molar refractivity (Wildman–Crippen MR) is 79.1 cm³/mol. The summed E-state index contributed by atoms with van der Waals surface area (Å²) < 4.78 is 0.928. The molecule has 1 fully saturated rings. The molecule has 1 amide bonds. The van der Waals surface area contributed by atoms with Crippen molar-refractivity contribution in [2.24, 2.45) is 17.3 Å². The molecule has 108 valence electrons. The number of aliphatic carboxylic acids is 1. The standard InChI is InChI=1S/C15H18BrNO3/c1-8(9-6-4-5-7-10(9)16)17-13(18)11-12(14(19)20)15(11,2)3/h4-8,11-12H,1-3H3,(H,17,18)(H,19,20)/t8-,11?,12?/m0/s1. The van der Waals surface area contributed by atoms with Crippen molar-refractivity contribution in [3.05, 3.63) is 34.3 Å². The van der Waals surface area contributed by atoms with Crippen LogP contribution in [0.5, 0.6) is 0 Å². The third kappa shape index (κ3) is 2.59. The Morgan fingerprint density at radius 1 is 1.30 bits per heavy atom. The maximum absolute atomic E-state index is 12.2. The molecular formula is C15H18BrNO3. The van der Waals surface area contributed by atoms with Gasteiger partial charge in [-0.2, -0.15) is 0 Å². The zero-order valence-corrected chi connectivity index (χ0v) is 13.3. The number of hydrogen-bond donors (Lipinski definition) is 2. The van der Waals surface area contributed by atoms with E-state index < -0.39 is 23.2 Å². The summed E-state index contributed by atoms with van der Waals surface area (Å²) in [5.41, 5.74) is 0.509. The Morgan fingerprint density at radius 3 is 2.40 bits per heavy atom. The summed E-state index contributed by atoms with van der Waals surface area (Å²) >= 11 is 3.45. The van der Waals surface area contributed by atoms with Crippen molar-refractivity contribution < 1.29 is 14.7 Å². The number of carbonyl (C=O) groups is 2. The summed E-state index contributed by atoms with van der Waals surface area (Å²) in [4.78, 5) is 23.4. The maximum Gasteiger partial charge on any atom is 0.307 e. The van der Waals surface area contributed by atoms with Crippen LogP contribution in [0.2, 0.25) is 0 Å². The zero-order chi connectivity index (χ0) is 15.1. The number of hydrogen-bond acceptors (Lipinski definition) is 2. The molecule has 0 radical (unpaired) electrons. The molecule has 1 saturated carbocycles. The number of carboxylic acids is 1. The smallest absolute Gasteiger partial charge is 0.307 e. The number of carboxylic acid groups (broad SMARTS) is 1. The fourth-order valence-corrected chi connectivity index (χ4v) is 3.42. The van der Waals surface area contributed by atoms with Gasteiger partial charge in [0.05, 0.1) is 17.9 Å². The van der Waals surface area contributed by atoms with E-state index in [9.17, 15) is 9.59 Å². The minimum Gasteiger partial charge on any atom is -0.481 e. The molecule has 0 spiro atoms. The van der Waals surface area contributed by atoms with E-state index in [-0.39, 0.29) is 11.9 Å². The summed E-state index contributed by atoms with van der Waals surface area (Å²) in [6.07, 6.45) is 0. The van der Waals surface area contributed by atoms with E-state index in [2.05, 4.69) is 21.2 Å². The van der Waals surface area contributed by atoms with Crippen LogP contribution in [0.25, 0.3) is 0 Å². The van der Waals surface area contributed by atoms with Gasteiger partial charge >= 0.3 is 5.97 Å². The average molecular weight is 340 g/mol. The zero-order valence-electron chi connectivity index (χ0n) is 11.7. The lowest BCUT2D eigenvalue weighted by molar-refractivity contribution is -0.140. The first-order valence-electron chi connectivity index (χ1n) is 6.54. The van der Waals surface area contributed by atoms with Crippen molar-refractivity contribution >= 4 is 27.8 Å². The highest BCUT2D eigenvalue weighted by Gasteiger charge is 2.65. The quantitative estimate of drug-likeness (QED) is 0.886. The Morgan fingerprint density at radius 2 is 1.90 bits per heavy atom. The monoisotopic (exact) mass is 339 g/mol. The molecule has 0 saturated heterocycles. The summed E-state index contributed by atoms with van der Waals surface area (Å²) in [7, 11) is 0. The van der Waals surface area contributed by atoms with Crippen LogP contribution in [0.1, 0.15) is 32.4 Å². The molecule has 5 heteroatoms. The van der Waals surface area contributed by atoms with Crippen molar-refractivity contribution in [3.8, 4) is 0 Å². The highest BCUT2D eigenvalue weighted by atomic mass is 79.9. The Bertz CT molecular complexity index is 556. The molecule has 0 aliphatic heterocycles. The van der Waals surface area contributed by atoms with E-state index in [1.165, 1.54) is 0 Å². The van der Waals surface area contributed by atoms with Crippen molar-refractivity contribution in [3.63, 3.8) is 0 Å². The lowest BCUT2D eigenvalue weighted by atomic mass is 10.1. The van der Waals surface area contributed by atoms with Gasteiger partial charge in [-0.05, 0) is 24.0 Å². The van der Waals surface area contributed by atoms with Gasteiger partial charge in [-0.1, -0.05) is 48.0 Å². The molecule has 2 N–H and O–H groups in total. The second-order valence-electron chi connectivity index (χ2n) is 5.87. The lowest BCUT2D eigenvalue weighted by Gasteiger charge is -2.16. The Balaban J connectivity index is 2.07. The van der Waals surface area contributed by atoms with Crippen LogP contribution in [0, 0.1) is 17.3 Å². The largest absolute Gasteiger partial charge is 0.481 e. The van der Waals surface area contributed by atoms with Gasteiger partial charge in [-0.25, -0.2) is 0 Å². The van der Waals surface area contributed by atoms with Gasteiger partial charge in [0.25, 0.3) is 0 Å². The van der Waals surface area contributed by atoms with Crippen molar-refractivity contribution in [1.82, 2.24) is 5.32 Å². The molecule has 0 aromatic heterocycles. The molecule has 2 rings (SSSR count). The van der Waals surface area contributed by atoms with Crippen LogP contribution in [0.4, 0.5) is 0 Å². The van der Waals surface area contributed by atoms with E-state index in [4.69, 9.17) is 5.11 Å². The number of nitrogens with one attached hydrogen (secondary N) is 1. The lowest BCUT2D eigenvalue weighted by Crippen LogP contribution is -2.30. The Labute approximate surface area is 126 Å². The number of benzene rings is 1. The fourth-order valence-electron chi connectivity index (χ4n) is 2.80. The molecule has 20 heavy (non-hydrogen) atoms. The molecule has 1 aliphatic rings. The fraction of sp³-hybridized carbons (Fsp3) is 0.467. The third-order valence-electron chi connectivity index (χ3n) is 4.11. The van der Waals surface area contributed by atoms with Gasteiger partial charge in [0, 0.05) is 4.47 Å².